The predicted molar refractivity (Wildman–Crippen MR) is 95.6 cm³/mol. The van der Waals surface area contributed by atoms with E-state index in [1.54, 1.807) is 0 Å². The first-order valence-corrected chi connectivity index (χ1v) is 9.27. The molecule has 2 saturated heterocycles. The van der Waals surface area contributed by atoms with Crippen molar-refractivity contribution in [3.63, 3.8) is 0 Å². The van der Waals surface area contributed by atoms with Gasteiger partial charge in [0.05, 0.1) is 24.9 Å². The van der Waals surface area contributed by atoms with E-state index in [0.717, 1.165) is 6.61 Å². The third-order valence-electron chi connectivity index (χ3n) is 5.48. The van der Waals surface area contributed by atoms with Crippen LogP contribution in [0, 0.1) is 23.7 Å². The summed E-state index contributed by atoms with van der Waals surface area (Å²) in [6, 6.07) is 0. The molecule has 2 heterocycles. The summed E-state index contributed by atoms with van der Waals surface area (Å²) in [4.78, 5) is 0. The molecule has 24 heavy (non-hydrogen) atoms. The number of ether oxygens (including phenoxy) is 4. The average Bonchev–Trinajstić information content (AvgIpc) is 2.50. The lowest BCUT2D eigenvalue weighted by Gasteiger charge is -2.51. The van der Waals surface area contributed by atoms with E-state index in [2.05, 4.69) is 34.3 Å². The van der Waals surface area contributed by atoms with Gasteiger partial charge in [0.2, 0.25) is 0 Å². The second-order valence-electron chi connectivity index (χ2n) is 8.65. The van der Waals surface area contributed by atoms with Gasteiger partial charge in [-0.2, -0.15) is 0 Å². The highest BCUT2D eigenvalue weighted by atomic mass is 16.7. The SMILES string of the molecule is C=C[C@@H](C)[C@H]1OC(C)(C)O[C@H]([C@H](C)[C@H]2OC(C)(C)OC[C@@H]2C)[C@H]1C. The Balaban J connectivity index is 2.22. The van der Waals surface area contributed by atoms with Crippen LogP contribution >= 0.6 is 0 Å². The standard InChI is InChI=1S/C20H36O4/c1-10-12(2)16-14(4)18(24-20(8,9)23-16)15(5)17-13(3)11-21-19(6,7)22-17/h10,12-18H,1,11H2,2-9H3/t12-,13+,14+,15-,16-,17+,18+/m1/s1. The first kappa shape index (κ1) is 19.9. The zero-order valence-corrected chi connectivity index (χ0v) is 16.7. The molecule has 2 aliphatic rings. The van der Waals surface area contributed by atoms with Gasteiger partial charge in [-0.05, 0) is 27.7 Å². The van der Waals surface area contributed by atoms with Gasteiger partial charge < -0.3 is 18.9 Å². The van der Waals surface area contributed by atoms with Gasteiger partial charge in [0.1, 0.15) is 0 Å². The molecule has 2 fully saturated rings. The second kappa shape index (κ2) is 7.06. The predicted octanol–water partition coefficient (Wildman–Crippen LogP) is 4.39. The summed E-state index contributed by atoms with van der Waals surface area (Å²) >= 11 is 0. The molecule has 2 rings (SSSR count). The van der Waals surface area contributed by atoms with E-state index in [9.17, 15) is 0 Å². The van der Waals surface area contributed by atoms with Crippen LogP contribution in [-0.4, -0.2) is 36.5 Å². The zero-order chi connectivity index (χ0) is 18.3. The third kappa shape index (κ3) is 4.21. The van der Waals surface area contributed by atoms with Crippen LogP contribution in [0.5, 0.6) is 0 Å². The second-order valence-corrected chi connectivity index (χ2v) is 8.65. The van der Waals surface area contributed by atoms with Crippen LogP contribution in [0.25, 0.3) is 0 Å². The topological polar surface area (TPSA) is 36.9 Å². The first-order chi connectivity index (χ1) is 11.0. The van der Waals surface area contributed by atoms with Gasteiger partial charge in [-0.3, -0.25) is 0 Å². The van der Waals surface area contributed by atoms with Crippen LogP contribution in [0.2, 0.25) is 0 Å². The van der Waals surface area contributed by atoms with E-state index >= 15 is 0 Å². The van der Waals surface area contributed by atoms with Crippen molar-refractivity contribution >= 4 is 0 Å². The van der Waals surface area contributed by atoms with Crippen molar-refractivity contribution in [1.82, 2.24) is 0 Å². The van der Waals surface area contributed by atoms with Gasteiger partial charge in [0.25, 0.3) is 0 Å². The summed E-state index contributed by atoms with van der Waals surface area (Å²) in [7, 11) is 0. The summed E-state index contributed by atoms with van der Waals surface area (Å²) < 4.78 is 24.6. The summed E-state index contributed by atoms with van der Waals surface area (Å²) in [5.74, 6) is -0.00319. The van der Waals surface area contributed by atoms with Gasteiger partial charge in [-0.15, -0.1) is 6.58 Å². The molecule has 0 unspecified atom stereocenters. The number of hydrogen-bond acceptors (Lipinski definition) is 4. The van der Waals surface area contributed by atoms with Crippen LogP contribution in [0.15, 0.2) is 12.7 Å². The maximum atomic E-state index is 6.37. The zero-order valence-electron chi connectivity index (χ0n) is 16.7. The summed E-state index contributed by atoms with van der Waals surface area (Å²) in [6.07, 6.45) is 2.25. The van der Waals surface area contributed by atoms with Crippen LogP contribution in [0.3, 0.4) is 0 Å². The van der Waals surface area contributed by atoms with Crippen LogP contribution < -0.4 is 0 Å². The Bertz CT molecular complexity index is 445. The molecule has 7 atom stereocenters. The van der Waals surface area contributed by atoms with E-state index in [-0.39, 0.29) is 36.1 Å². The monoisotopic (exact) mass is 340 g/mol. The molecule has 0 aliphatic carbocycles. The highest BCUT2D eigenvalue weighted by molar-refractivity contribution is 4.95. The lowest BCUT2D eigenvalue weighted by atomic mass is 9.78. The molecule has 0 amide bonds. The van der Waals surface area contributed by atoms with Gasteiger partial charge in [0.15, 0.2) is 11.6 Å². The van der Waals surface area contributed by atoms with Crippen molar-refractivity contribution in [1.29, 1.82) is 0 Å². The Hall–Kier alpha value is -0.420. The molecule has 4 nitrogen and oxygen atoms in total. The largest absolute Gasteiger partial charge is 0.350 e. The fourth-order valence-corrected chi connectivity index (χ4v) is 4.11. The highest BCUT2D eigenvalue weighted by Crippen LogP contribution is 2.41. The molecule has 140 valence electrons. The Morgan fingerprint density at radius 3 is 2.04 bits per heavy atom. The minimum atomic E-state index is -0.600. The van der Waals surface area contributed by atoms with E-state index in [1.807, 2.05) is 33.8 Å². The fraction of sp³-hybridized carbons (Fsp3) is 0.900. The molecule has 4 heteroatoms. The lowest BCUT2D eigenvalue weighted by Crippen LogP contribution is -2.58. The van der Waals surface area contributed by atoms with Crippen LogP contribution in [-0.2, 0) is 18.9 Å². The Morgan fingerprint density at radius 1 is 0.917 bits per heavy atom. The van der Waals surface area contributed by atoms with E-state index in [0.29, 0.717) is 5.92 Å². The van der Waals surface area contributed by atoms with Crippen molar-refractivity contribution in [2.45, 2.75) is 85.3 Å². The van der Waals surface area contributed by atoms with Crippen molar-refractivity contribution < 1.29 is 18.9 Å². The first-order valence-electron chi connectivity index (χ1n) is 9.27. The molecule has 0 N–H and O–H groups in total. The van der Waals surface area contributed by atoms with Crippen molar-refractivity contribution in [2.24, 2.45) is 23.7 Å². The summed E-state index contributed by atoms with van der Waals surface area (Å²) in [6.45, 7) is 21.4. The molecule has 0 radical (unpaired) electrons. The van der Waals surface area contributed by atoms with Gasteiger partial charge in [0, 0.05) is 23.7 Å². The minimum Gasteiger partial charge on any atom is -0.350 e. The Labute approximate surface area is 147 Å². The maximum Gasteiger partial charge on any atom is 0.163 e. The molecule has 0 bridgehead atoms. The average molecular weight is 341 g/mol. The third-order valence-corrected chi connectivity index (χ3v) is 5.48. The molecular formula is C20H36O4. The molecular weight excluding hydrogens is 304 g/mol. The molecule has 0 aromatic heterocycles. The highest BCUT2D eigenvalue weighted by Gasteiger charge is 2.48. The fourth-order valence-electron chi connectivity index (χ4n) is 4.11. The Kier molecular flexibility index (Phi) is 5.86. The minimum absolute atomic E-state index is 0.0718. The molecule has 0 saturated carbocycles. The lowest BCUT2D eigenvalue weighted by molar-refractivity contribution is -0.352. The van der Waals surface area contributed by atoms with Crippen molar-refractivity contribution in [3.8, 4) is 0 Å². The Morgan fingerprint density at radius 2 is 1.46 bits per heavy atom. The van der Waals surface area contributed by atoms with E-state index < -0.39 is 11.6 Å². The maximum absolute atomic E-state index is 6.37. The normalized spacial score (nSPS) is 41.4. The molecule has 0 aromatic carbocycles. The quantitative estimate of drug-likeness (QED) is 0.711. The number of rotatable bonds is 4. The van der Waals surface area contributed by atoms with E-state index in [1.165, 1.54) is 0 Å². The molecule has 0 aromatic rings. The van der Waals surface area contributed by atoms with Crippen molar-refractivity contribution in [2.75, 3.05) is 6.61 Å². The number of hydrogen-bond donors (Lipinski definition) is 0. The molecule has 2 aliphatic heterocycles. The van der Waals surface area contributed by atoms with Crippen LogP contribution in [0.4, 0.5) is 0 Å². The molecule has 0 spiro atoms. The van der Waals surface area contributed by atoms with Crippen LogP contribution in [0.1, 0.15) is 55.4 Å². The van der Waals surface area contributed by atoms with Gasteiger partial charge in [-0.25, -0.2) is 0 Å². The van der Waals surface area contributed by atoms with Gasteiger partial charge >= 0.3 is 0 Å². The summed E-state index contributed by atoms with van der Waals surface area (Å²) in [5, 5.41) is 0. The van der Waals surface area contributed by atoms with E-state index in [4.69, 9.17) is 18.9 Å². The summed E-state index contributed by atoms with van der Waals surface area (Å²) in [5.41, 5.74) is 0. The van der Waals surface area contributed by atoms with Crippen molar-refractivity contribution in [3.05, 3.63) is 12.7 Å². The van der Waals surface area contributed by atoms with Gasteiger partial charge in [-0.1, -0.05) is 33.8 Å². The smallest absolute Gasteiger partial charge is 0.163 e.